The molecule has 0 aromatic rings. The van der Waals surface area contributed by atoms with Crippen LogP contribution in [0.4, 0.5) is 0 Å². The average molecular weight is 132 g/mol. The van der Waals surface area contributed by atoms with E-state index in [1.54, 1.807) is 0 Å². The van der Waals surface area contributed by atoms with E-state index in [0.29, 0.717) is 5.92 Å². The SMILES string of the molecule is C=C1C=CC=CC1C=CC. The van der Waals surface area contributed by atoms with Crippen molar-refractivity contribution in [1.29, 1.82) is 0 Å². The summed E-state index contributed by atoms with van der Waals surface area (Å²) in [4.78, 5) is 0. The molecular weight excluding hydrogens is 120 g/mol. The highest BCUT2D eigenvalue weighted by molar-refractivity contribution is 5.34. The van der Waals surface area contributed by atoms with Crippen molar-refractivity contribution in [3.05, 3.63) is 48.6 Å². The first-order chi connectivity index (χ1) is 4.84. The lowest BCUT2D eigenvalue weighted by Gasteiger charge is -2.09. The minimum absolute atomic E-state index is 0.426. The van der Waals surface area contributed by atoms with Crippen molar-refractivity contribution in [2.24, 2.45) is 5.92 Å². The molecule has 0 bridgehead atoms. The standard InChI is InChI=1S/C10H12/c1-3-6-10-8-5-4-7-9(10)2/h3-8,10H,2H2,1H3. The van der Waals surface area contributed by atoms with E-state index in [1.165, 1.54) is 5.57 Å². The summed E-state index contributed by atoms with van der Waals surface area (Å²) in [5.74, 6) is 0.426. The zero-order valence-corrected chi connectivity index (χ0v) is 6.25. The molecule has 10 heavy (non-hydrogen) atoms. The predicted octanol–water partition coefficient (Wildman–Crippen LogP) is 2.86. The molecule has 0 aromatic carbocycles. The second-order valence-electron chi connectivity index (χ2n) is 2.37. The molecule has 0 saturated carbocycles. The van der Waals surface area contributed by atoms with Gasteiger partial charge in [0.1, 0.15) is 0 Å². The Balaban J connectivity index is 2.70. The molecule has 0 nitrogen and oxygen atoms in total. The Morgan fingerprint density at radius 1 is 1.50 bits per heavy atom. The second-order valence-corrected chi connectivity index (χ2v) is 2.37. The Morgan fingerprint density at radius 3 is 2.90 bits per heavy atom. The van der Waals surface area contributed by atoms with Crippen LogP contribution in [0.25, 0.3) is 0 Å². The van der Waals surface area contributed by atoms with Gasteiger partial charge in [-0.15, -0.1) is 0 Å². The quantitative estimate of drug-likeness (QED) is 0.481. The van der Waals surface area contributed by atoms with Gasteiger partial charge in [0.2, 0.25) is 0 Å². The average Bonchev–Trinajstić information content (AvgIpc) is 1.94. The topological polar surface area (TPSA) is 0 Å². The molecular formula is C10H12. The van der Waals surface area contributed by atoms with Crippen molar-refractivity contribution in [3.63, 3.8) is 0 Å². The van der Waals surface area contributed by atoms with Gasteiger partial charge in [0.15, 0.2) is 0 Å². The Hall–Kier alpha value is -1.04. The van der Waals surface area contributed by atoms with E-state index in [-0.39, 0.29) is 0 Å². The Kier molecular flexibility index (Phi) is 2.27. The molecule has 0 N–H and O–H groups in total. The van der Waals surface area contributed by atoms with Crippen LogP contribution in [0.1, 0.15) is 6.92 Å². The fourth-order valence-electron chi connectivity index (χ4n) is 0.993. The van der Waals surface area contributed by atoms with Gasteiger partial charge >= 0.3 is 0 Å². The molecule has 1 unspecified atom stereocenters. The molecule has 0 saturated heterocycles. The van der Waals surface area contributed by atoms with Crippen LogP contribution in [0.3, 0.4) is 0 Å². The van der Waals surface area contributed by atoms with E-state index in [9.17, 15) is 0 Å². The first-order valence-electron chi connectivity index (χ1n) is 3.51. The molecule has 0 aromatic heterocycles. The van der Waals surface area contributed by atoms with Crippen molar-refractivity contribution in [2.45, 2.75) is 6.92 Å². The monoisotopic (exact) mass is 132 g/mol. The summed E-state index contributed by atoms with van der Waals surface area (Å²) in [7, 11) is 0. The highest BCUT2D eigenvalue weighted by Gasteiger charge is 2.02. The van der Waals surface area contributed by atoms with E-state index in [0.717, 1.165) is 0 Å². The highest BCUT2D eigenvalue weighted by atomic mass is 14.1. The summed E-state index contributed by atoms with van der Waals surface area (Å²) in [5, 5.41) is 0. The lowest BCUT2D eigenvalue weighted by atomic mass is 9.96. The maximum atomic E-state index is 3.92. The van der Waals surface area contributed by atoms with Gasteiger partial charge in [0.25, 0.3) is 0 Å². The van der Waals surface area contributed by atoms with Crippen LogP contribution in [0.15, 0.2) is 48.6 Å². The van der Waals surface area contributed by atoms with Gasteiger partial charge in [-0.05, 0) is 12.5 Å². The van der Waals surface area contributed by atoms with Gasteiger partial charge in [-0.25, -0.2) is 0 Å². The third-order valence-corrected chi connectivity index (χ3v) is 1.57. The molecule has 0 heterocycles. The zero-order valence-electron chi connectivity index (χ0n) is 6.25. The molecule has 0 fully saturated rings. The highest BCUT2D eigenvalue weighted by Crippen LogP contribution is 2.17. The minimum Gasteiger partial charge on any atom is -0.0949 e. The van der Waals surface area contributed by atoms with Crippen LogP contribution < -0.4 is 0 Å². The van der Waals surface area contributed by atoms with Crippen molar-refractivity contribution in [1.82, 2.24) is 0 Å². The zero-order chi connectivity index (χ0) is 7.40. The molecule has 1 rings (SSSR count). The van der Waals surface area contributed by atoms with Crippen molar-refractivity contribution < 1.29 is 0 Å². The molecule has 0 radical (unpaired) electrons. The summed E-state index contributed by atoms with van der Waals surface area (Å²) in [6.07, 6.45) is 12.5. The molecule has 1 atom stereocenters. The maximum absolute atomic E-state index is 3.92. The Morgan fingerprint density at radius 2 is 2.30 bits per heavy atom. The minimum atomic E-state index is 0.426. The van der Waals surface area contributed by atoms with E-state index >= 15 is 0 Å². The van der Waals surface area contributed by atoms with E-state index in [2.05, 4.69) is 30.9 Å². The summed E-state index contributed by atoms with van der Waals surface area (Å²) >= 11 is 0. The van der Waals surface area contributed by atoms with Gasteiger partial charge < -0.3 is 0 Å². The van der Waals surface area contributed by atoms with E-state index in [1.807, 2.05) is 19.1 Å². The summed E-state index contributed by atoms with van der Waals surface area (Å²) < 4.78 is 0. The number of allylic oxidation sites excluding steroid dienone is 7. The third-order valence-electron chi connectivity index (χ3n) is 1.57. The molecule has 1 aliphatic rings. The first kappa shape index (κ1) is 7.07. The molecule has 0 amide bonds. The fraction of sp³-hybridized carbons (Fsp3) is 0.200. The van der Waals surface area contributed by atoms with Crippen LogP contribution >= 0.6 is 0 Å². The van der Waals surface area contributed by atoms with Gasteiger partial charge in [-0.2, -0.15) is 0 Å². The van der Waals surface area contributed by atoms with Gasteiger partial charge in [0.05, 0.1) is 0 Å². The van der Waals surface area contributed by atoms with Crippen molar-refractivity contribution in [2.75, 3.05) is 0 Å². The van der Waals surface area contributed by atoms with Gasteiger partial charge in [-0.1, -0.05) is 43.0 Å². The lowest BCUT2D eigenvalue weighted by molar-refractivity contribution is 0.998. The Bertz CT molecular complexity index is 204. The summed E-state index contributed by atoms with van der Waals surface area (Å²) in [5.41, 5.74) is 1.17. The van der Waals surface area contributed by atoms with E-state index < -0.39 is 0 Å². The molecule has 0 aliphatic heterocycles. The van der Waals surface area contributed by atoms with E-state index in [4.69, 9.17) is 0 Å². The molecule has 0 heteroatoms. The molecule has 0 spiro atoms. The van der Waals surface area contributed by atoms with Gasteiger partial charge in [0, 0.05) is 5.92 Å². The van der Waals surface area contributed by atoms with Crippen molar-refractivity contribution in [3.8, 4) is 0 Å². The van der Waals surface area contributed by atoms with Crippen LogP contribution in [-0.4, -0.2) is 0 Å². The first-order valence-corrected chi connectivity index (χ1v) is 3.51. The van der Waals surface area contributed by atoms with Crippen LogP contribution in [-0.2, 0) is 0 Å². The number of hydrogen-bond acceptors (Lipinski definition) is 0. The third kappa shape index (κ3) is 1.47. The predicted molar refractivity (Wildman–Crippen MR) is 45.7 cm³/mol. The smallest absolute Gasteiger partial charge is 0.0195 e. The molecule has 1 aliphatic carbocycles. The maximum Gasteiger partial charge on any atom is 0.0195 e. The second kappa shape index (κ2) is 3.21. The van der Waals surface area contributed by atoms with Crippen LogP contribution in [0.5, 0.6) is 0 Å². The van der Waals surface area contributed by atoms with Crippen molar-refractivity contribution >= 4 is 0 Å². The van der Waals surface area contributed by atoms with Gasteiger partial charge in [-0.3, -0.25) is 0 Å². The fourth-order valence-corrected chi connectivity index (χ4v) is 0.993. The summed E-state index contributed by atoms with van der Waals surface area (Å²) in [6.45, 7) is 5.95. The van der Waals surface area contributed by atoms with Crippen LogP contribution in [0, 0.1) is 5.92 Å². The molecule has 52 valence electrons. The van der Waals surface area contributed by atoms with Crippen LogP contribution in [0.2, 0.25) is 0 Å². The number of rotatable bonds is 1. The lowest BCUT2D eigenvalue weighted by Crippen LogP contribution is -1.95. The Labute approximate surface area is 62.3 Å². The normalized spacial score (nSPS) is 24.5. The number of hydrogen-bond donors (Lipinski definition) is 0. The largest absolute Gasteiger partial charge is 0.0949 e. The summed E-state index contributed by atoms with van der Waals surface area (Å²) in [6, 6.07) is 0.